The highest BCUT2D eigenvalue weighted by molar-refractivity contribution is 5.78. The number of alkyl carbamates (subject to hydrolysis) is 1. The molecule has 0 spiro atoms. The zero-order valence-corrected chi connectivity index (χ0v) is 14.4. The average Bonchev–Trinajstić information content (AvgIpc) is 2.69. The molecule has 6 heteroatoms. The van der Waals surface area contributed by atoms with Gasteiger partial charge in [0.05, 0.1) is 0 Å². The number of carbonyl (C=O) groups excluding carboxylic acids is 1. The monoisotopic (exact) mass is 312 g/mol. The summed E-state index contributed by atoms with van der Waals surface area (Å²) >= 11 is 0. The smallest absolute Gasteiger partial charge is 0.407 e. The lowest BCUT2D eigenvalue weighted by Crippen LogP contribution is -2.38. The number of nitrogens with zero attached hydrogens (tertiary/aromatic N) is 2. The fraction of sp³-hybridized carbons (Fsp3) is 0.875. The van der Waals surface area contributed by atoms with Crippen molar-refractivity contribution < 1.29 is 9.53 Å². The van der Waals surface area contributed by atoms with Crippen molar-refractivity contribution in [3.63, 3.8) is 0 Å². The number of rotatable bonds is 5. The number of ether oxygens (including phenoxy) is 1. The van der Waals surface area contributed by atoms with Crippen molar-refractivity contribution in [1.29, 1.82) is 0 Å². The molecule has 128 valence electrons. The molecule has 1 aliphatic heterocycles. The van der Waals surface area contributed by atoms with E-state index in [1.54, 1.807) is 0 Å². The number of guanidine groups is 1. The zero-order valence-electron chi connectivity index (χ0n) is 14.4. The maximum atomic E-state index is 11.5. The zero-order chi connectivity index (χ0) is 16.4. The number of hydrogen-bond acceptors (Lipinski definition) is 3. The minimum absolute atomic E-state index is 0.361. The molecular weight excluding hydrogens is 280 g/mol. The van der Waals surface area contributed by atoms with Crippen LogP contribution in [0.4, 0.5) is 4.79 Å². The molecule has 1 saturated heterocycles. The van der Waals surface area contributed by atoms with Gasteiger partial charge in [-0.15, -0.1) is 0 Å². The van der Waals surface area contributed by atoms with Gasteiger partial charge in [0.2, 0.25) is 0 Å². The molecule has 6 nitrogen and oxygen atoms in total. The third-order valence-corrected chi connectivity index (χ3v) is 3.46. The van der Waals surface area contributed by atoms with Crippen molar-refractivity contribution in [3.8, 4) is 0 Å². The fourth-order valence-electron chi connectivity index (χ4n) is 2.33. The third-order valence-electron chi connectivity index (χ3n) is 3.46. The largest absolute Gasteiger partial charge is 0.444 e. The number of aliphatic imine (C=N–C) groups is 1. The first-order chi connectivity index (χ1) is 10.4. The summed E-state index contributed by atoms with van der Waals surface area (Å²) in [6, 6.07) is 0. The molecule has 1 aliphatic rings. The number of likely N-dealkylation sites (tertiary alicyclic amines) is 1. The Morgan fingerprint density at radius 2 is 1.82 bits per heavy atom. The highest BCUT2D eigenvalue weighted by Gasteiger charge is 2.15. The van der Waals surface area contributed by atoms with Crippen molar-refractivity contribution in [2.75, 3.05) is 26.2 Å². The lowest BCUT2D eigenvalue weighted by atomic mass is 10.2. The molecule has 0 aromatic heterocycles. The molecule has 0 aromatic carbocycles. The molecule has 1 amide bonds. The van der Waals surface area contributed by atoms with Crippen LogP contribution >= 0.6 is 0 Å². The molecule has 22 heavy (non-hydrogen) atoms. The Labute approximate surface area is 134 Å². The molecule has 3 N–H and O–H groups in total. The molecule has 1 fully saturated rings. The maximum Gasteiger partial charge on any atom is 0.407 e. The average molecular weight is 312 g/mol. The summed E-state index contributed by atoms with van der Waals surface area (Å²) in [7, 11) is 0. The van der Waals surface area contributed by atoms with Crippen LogP contribution in [0.5, 0.6) is 0 Å². The molecule has 0 saturated carbocycles. The van der Waals surface area contributed by atoms with Gasteiger partial charge < -0.3 is 20.7 Å². The lowest BCUT2D eigenvalue weighted by molar-refractivity contribution is 0.0527. The Bertz CT molecular complexity index is 356. The lowest BCUT2D eigenvalue weighted by Gasteiger charge is -2.21. The normalized spacial score (nSPS) is 17.0. The summed E-state index contributed by atoms with van der Waals surface area (Å²) < 4.78 is 5.17. The van der Waals surface area contributed by atoms with E-state index in [1.165, 1.54) is 25.7 Å². The first-order valence-electron chi connectivity index (χ1n) is 8.40. The molecule has 0 radical (unpaired) electrons. The van der Waals surface area contributed by atoms with Gasteiger partial charge in [-0.05, 0) is 46.5 Å². The van der Waals surface area contributed by atoms with Crippen molar-refractivity contribution >= 4 is 12.1 Å². The quantitative estimate of drug-likeness (QED) is 0.464. The number of nitrogens with one attached hydrogen (secondary N) is 1. The molecule has 0 atom stereocenters. The van der Waals surface area contributed by atoms with Gasteiger partial charge in [0.25, 0.3) is 0 Å². The molecular formula is C16H32N4O2. The predicted octanol–water partition coefficient (Wildman–Crippen LogP) is 2.48. The maximum absolute atomic E-state index is 11.5. The molecule has 0 aliphatic carbocycles. The van der Waals surface area contributed by atoms with E-state index in [0.717, 1.165) is 25.9 Å². The second kappa shape index (κ2) is 9.54. The Morgan fingerprint density at radius 1 is 1.18 bits per heavy atom. The van der Waals surface area contributed by atoms with Crippen LogP contribution < -0.4 is 11.1 Å². The molecule has 0 aromatic rings. The van der Waals surface area contributed by atoms with Crippen LogP contribution in [0.25, 0.3) is 0 Å². The minimum Gasteiger partial charge on any atom is -0.444 e. The summed E-state index contributed by atoms with van der Waals surface area (Å²) in [5, 5.41) is 2.75. The SMILES string of the molecule is CC(C)(C)OC(=O)NCCCCN=C(N)N1CCCCCC1. The number of unbranched alkanes of at least 4 members (excludes halogenated alkanes) is 1. The minimum atomic E-state index is -0.448. The highest BCUT2D eigenvalue weighted by atomic mass is 16.6. The van der Waals surface area contributed by atoms with Crippen LogP contribution in [0.15, 0.2) is 4.99 Å². The Balaban J connectivity index is 2.11. The van der Waals surface area contributed by atoms with Crippen LogP contribution in [0.3, 0.4) is 0 Å². The fourth-order valence-corrected chi connectivity index (χ4v) is 2.33. The van der Waals surface area contributed by atoms with Gasteiger partial charge >= 0.3 is 6.09 Å². The van der Waals surface area contributed by atoms with E-state index in [1.807, 2.05) is 20.8 Å². The van der Waals surface area contributed by atoms with Crippen LogP contribution in [-0.4, -0.2) is 48.7 Å². The van der Waals surface area contributed by atoms with Crippen molar-refractivity contribution in [1.82, 2.24) is 10.2 Å². The van der Waals surface area contributed by atoms with E-state index in [4.69, 9.17) is 10.5 Å². The topological polar surface area (TPSA) is 79.9 Å². The first kappa shape index (κ1) is 18.6. The van der Waals surface area contributed by atoms with E-state index in [-0.39, 0.29) is 6.09 Å². The number of nitrogens with two attached hydrogens (primary N) is 1. The van der Waals surface area contributed by atoms with Gasteiger partial charge in [-0.3, -0.25) is 4.99 Å². The summed E-state index contributed by atoms with van der Waals surface area (Å²) in [4.78, 5) is 18.1. The predicted molar refractivity (Wildman–Crippen MR) is 90.0 cm³/mol. The van der Waals surface area contributed by atoms with E-state index < -0.39 is 5.60 Å². The molecule has 0 bridgehead atoms. The van der Waals surface area contributed by atoms with Crippen LogP contribution in [0, 0.1) is 0 Å². The second-order valence-corrected chi connectivity index (χ2v) is 6.78. The van der Waals surface area contributed by atoms with E-state index in [9.17, 15) is 4.79 Å². The number of carbonyl (C=O) groups is 1. The van der Waals surface area contributed by atoms with Crippen LogP contribution in [-0.2, 0) is 4.74 Å². The van der Waals surface area contributed by atoms with Gasteiger partial charge in [0.1, 0.15) is 5.60 Å². The highest BCUT2D eigenvalue weighted by Crippen LogP contribution is 2.09. The second-order valence-electron chi connectivity index (χ2n) is 6.78. The Hall–Kier alpha value is -1.46. The van der Waals surface area contributed by atoms with E-state index >= 15 is 0 Å². The van der Waals surface area contributed by atoms with Crippen LogP contribution in [0.2, 0.25) is 0 Å². The van der Waals surface area contributed by atoms with Crippen molar-refractivity contribution in [2.24, 2.45) is 10.7 Å². The number of amides is 1. The summed E-state index contributed by atoms with van der Waals surface area (Å²) in [5.41, 5.74) is 5.59. The first-order valence-corrected chi connectivity index (χ1v) is 8.40. The Kier molecular flexibility index (Phi) is 8.06. The van der Waals surface area contributed by atoms with E-state index in [0.29, 0.717) is 19.0 Å². The molecule has 1 rings (SSSR count). The molecule has 1 heterocycles. The third kappa shape index (κ3) is 8.74. The van der Waals surface area contributed by atoms with Gasteiger partial charge in [-0.25, -0.2) is 4.79 Å². The van der Waals surface area contributed by atoms with Gasteiger partial charge in [0, 0.05) is 26.2 Å². The standard InChI is InChI=1S/C16H32N4O2/c1-16(2,3)22-15(21)19-11-7-6-10-18-14(17)20-12-8-4-5-9-13-20/h4-13H2,1-3H3,(H2,17,18)(H,19,21). The molecule has 0 unspecified atom stereocenters. The van der Waals surface area contributed by atoms with Crippen LogP contribution in [0.1, 0.15) is 59.3 Å². The van der Waals surface area contributed by atoms with Crippen molar-refractivity contribution in [3.05, 3.63) is 0 Å². The van der Waals surface area contributed by atoms with Gasteiger partial charge in [-0.1, -0.05) is 12.8 Å². The van der Waals surface area contributed by atoms with Gasteiger partial charge in [0.15, 0.2) is 5.96 Å². The number of hydrogen-bond donors (Lipinski definition) is 2. The van der Waals surface area contributed by atoms with E-state index in [2.05, 4.69) is 15.2 Å². The van der Waals surface area contributed by atoms with Crippen molar-refractivity contribution in [2.45, 2.75) is 64.9 Å². The summed E-state index contributed by atoms with van der Waals surface area (Å²) in [6.07, 6.45) is 6.41. The summed E-state index contributed by atoms with van der Waals surface area (Å²) in [5.74, 6) is 0.669. The Morgan fingerprint density at radius 3 is 2.41 bits per heavy atom. The van der Waals surface area contributed by atoms with Gasteiger partial charge in [-0.2, -0.15) is 0 Å². The summed E-state index contributed by atoms with van der Waals surface area (Å²) in [6.45, 7) is 8.92.